The summed E-state index contributed by atoms with van der Waals surface area (Å²) in [4.78, 5) is 34.7. The van der Waals surface area contributed by atoms with Gasteiger partial charge in [-0.1, -0.05) is 24.3 Å². The van der Waals surface area contributed by atoms with Crippen LogP contribution in [0.2, 0.25) is 0 Å². The lowest BCUT2D eigenvalue weighted by Crippen LogP contribution is -2.29. The number of likely N-dealkylation sites (tertiary alicyclic amines) is 1. The topological polar surface area (TPSA) is 75.2 Å². The largest absolute Gasteiger partial charge is 0.350 e. The van der Waals surface area contributed by atoms with Crippen LogP contribution in [0.1, 0.15) is 48.3 Å². The molecule has 1 aliphatic rings. The molecular weight excluding hydrogens is 328 g/mol. The van der Waals surface area contributed by atoms with Crippen molar-refractivity contribution in [2.75, 3.05) is 6.54 Å². The summed E-state index contributed by atoms with van der Waals surface area (Å²) in [7, 11) is 0. The van der Waals surface area contributed by atoms with Gasteiger partial charge in [0.25, 0.3) is 0 Å². The summed E-state index contributed by atoms with van der Waals surface area (Å²) < 4.78 is 0. The summed E-state index contributed by atoms with van der Waals surface area (Å²) in [5.41, 5.74) is 3.63. The molecule has 1 fully saturated rings. The molecule has 2 heterocycles. The van der Waals surface area contributed by atoms with E-state index < -0.39 is 0 Å². The van der Waals surface area contributed by atoms with Gasteiger partial charge in [0.1, 0.15) is 0 Å². The number of rotatable bonds is 5. The van der Waals surface area contributed by atoms with E-state index in [1.807, 2.05) is 36.1 Å². The molecule has 0 aliphatic carbocycles. The first-order valence-electron chi connectivity index (χ1n) is 8.94. The molecule has 1 saturated heterocycles. The van der Waals surface area contributed by atoms with Gasteiger partial charge in [0, 0.05) is 13.5 Å². The predicted octanol–water partition coefficient (Wildman–Crippen LogP) is 2.33. The first kappa shape index (κ1) is 18.0. The number of carbonyl (C=O) groups excluding carboxylic acids is 2. The Morgan fingerprint density at radius 1 is 1.27 bits per heavy atom. The molecule has 2 aromatic rings. The van der Waals surface area contributed by atoms with Crippen molar-refractivity contribution in [3.05, 3.63) is 59.2 Å². The molecule has 6 nitrogen and oxygen atoms in total. The summed E-state index contributed by atoms with van der Waals surface area (Å²) in [5.74, 6) is 0.0176. The highest BCUT2D eigenvalue weighted by Crippen LogP contribution is 2.30. The zero-order chi connectivity index (χ0) is 18.5. The first-order chi connectivity index (χ1) is 12.5. The fraction of sp³-hybridized carbons (Fsp3) is 0.400. The van der Waals surface area contributed by atoms with Gasteiger partial charge in [0.15, 0.2) is 0 Å². The van der Waals surface area contributed by atoms with Gasteiger partial charge in [-0.2, -0.15) is 0 Å². The van der Waals surface area contributed by atoms with Crippen molar-refractivity contribution in [3.63, 3.8) is 0 Å². The van der Waals surface area contributed by atoms with Gasteiger partial charge >= 0.3 is 0 Å². The van der Waals surface area contributed by atoms with Crippen molar-refractivity contribution in [1.29, 1.82) is 0 Å². The number of hydrogen-bond donors (Lipinski definition) is 1. The molecule has 0 saturated carbocycles. The van der Waals surface area contributed by atoms with Crippen LogP contribution in [0, 0.1) is 6.92 Å². The second kappa shape index (κ2) is 8.08. The summed E-state index contributed by atoms with van der Waals surface area (Å²) in [6.07, 6.45) is 5.59. The van der Waals surface area contributed by atoms with Crippen molar-refractivity contribution in [3.8, 4) is 0 Å². The standard InChI is InChI=1S/C20H24N4O2/c1-14-6-3-4-7-16(14)10-20(26)22-12-17-11-21-13-18(23-17)19-8-5-9-24(19)15(2)25/h3-4,6-7,11,13,19H,5,8-10,12H2,1-2H3,(H,22,26)/t19-/m1/s1. The van der Waals surface area contributed by atoms with Crippen LogP contribution in [0.15, 0.2) is 36.7 Å². The molecule has 26 heavy (non-hydrogen) atoms. The predicted molar refractivity (Wildman–Crippen MR) is 98.1 cm³/mol. The van der Waals surface area contributed by atoms with E-state index in [2.05, 4.69) is 15.3 Å². The fourth-order valence-electron chi connectivity index (χ4n) is 3.35. The minimum Gasteiger partial charge on any atom is -0.350 e. The molecule has 0 bridgehead atoms. The number of amides is 2. The molecule has 1 aromatic heterocycles. The Bertz CT molecular complexity index is 806. The molecule has 1 aliphatic heterocycles. The number of nitrogens with one attached hydrogen (secondary N) is 1. The van der Waals surface area contributed by atoms with Crippen molar-refractivity contribution < 1.29 is 9.59 Å². The second-order valence-corrected chi connectivity index (χ2v) is 6.69. The van der Waals surface area contributed by atoms with E-state index in [0.717, 1.165) is 36.2 Å². The van der Waals surface area contributed by atoms with E-state index in [1.165, 1.54) is 0 Å². The van der Waals surface area contributed by atoms with Crippen molar-refractivity contribution in [2.45, 2.75) is 45.7 Å². The van der Waals surface area contributed by atoms with Crippen molar-refractivity contribution in [1.82, 2.24) is 20.2 Å². The zero-order valence-corrected chi connectivity index (χ0v) is 15.2. The van der Waals surface area contributed by atoms with Gasteiger partial charge in [-0.05, 0) is 30.9 Å². The molecule has 2 amide bonds. The lowest BCUT2D eigenvalue weighted by molar-refractivity contribution is -0.129. The number of aryl methyl sites for hydroxylation is 1. The third-order valence-corrected chi connectivity index (χ3v) is 4.78. The third-order valence-electron chi connectivity index (χ3n) is 4.78. The van der Waals surface area contributed by atoms with Gasteiger partial charge in [0.2, 0.25) is 11.8 Å². The maximum absolute atomic E-state index is 12.2. The SMILES string of the molecule is CC(=O)N1CCC[C@@H]1c1cncc(CNC(=O)Cc2ccccc2C)n1. The molecule has 3 rings (SSSR count). The lowest BCUT2D eigenvalue weighted by atomic mass is 10.1. The first-order valence-corrected chi connectivity index (χ1v) is 8.94. The maximum atomic E-state index is 12.2. The molecular formula is C20H24N4O2. The molecule has 0 unspecified atom stereocenters. The normalized spacial score (nSPS) is 16.5. The number of hydrogen-bond acceptors (Lipinski definition) is 4. The van der Waals surface area contributed by atoms with Crippen LogP contribution in [0.25, 0.3) is 0 Å². The Hall–Kier alpha value is -2.76. The van der Waals surface area contributed by atoms with Gasteiger partial charge in [0.05, 0.1) is 42.8 Å². The Kier molecular flexibility index (Phi) is 5.61. The highest BCUT2D eigenvalue weighted by Gasteiger charge is 2.29. The van der Waals surface area contributed by atoms with Crippen LogP contribution in [0.4, 0.5) is 0 Å². The Morgan fingerprint density at radius 2 is 2.08 bits per heavy atom. The van der Waals surface area contributed by atoms with Crippen LogP contribution in [0.5, 0.6) is 0 Å². The summed E-state index contributed by atoms with van der Waals surface area (Å²) in [6, 6.07) is 7.85. The summed E-state index contributed by atoms with van der Waals surface area (Å²) >= 11 is 0. The van der Waals surface area contributed by atoms with Crippen molar-refractivity contribution >= 4 is 11.8 Å². The number of aromatic nitrogens is 2. The van der Waals surface area contributed by atoms with Crippen LogP contribution in [-0.4, -0.2) is 33.2 Å². The van der Waals surface area contributed by atoms with E-state index >= 15 is 0 Å². The average Bonchev–Trinajstić information content (AvgIpc) is 3.12. The maximum Gasteiger partial charge on any atom is 0.224 e. The molecule has 1 atom stereocenters. The molecule has 1 aromatic carbocycles. The van der Waals surface area contributed by atoms with E-state index in [-0.39, 0.29) is 17.9 Å². The lowest BCUT2D eigenvalue weighted by Gasteiger charge is -2.22. The minimum absolute atomic E-state index is 0.0115. The number of benzene rings is 1. The quantitative estimate of drug-likeness (QED) is 0.896. The van der Waals surface area contributed by atoms with Crippen molar-refractivity contribution in [2.24, 2.45) is 0 Å². The minimum atomic E-state index is -0.0438. The van der Waals surface area contributed by atoms with Gasteiger partial charge in [-0.3, -0.25) is 19.6 Å². The monoisotopic (exact) mass is 352 g/mol. The average molecular weight is 352 g/mol. The molecule has 136 valence electrons. The van der Waals surface area contributed by atoms with E-state index in [9.17, 15) is 9.59 Å². The third kappa shape index (κ3) is 4.25. The smallest absolute Gasteiger partial charge is 0.224 e. The highest BCUT2D eigenvalue weighted by atomic mass is 16.2. The van der Waals surface area contributed by atoms with E-state index in [1.54, 1.807) is 19.3 Å². The fourth-order valence-corrected chi connectivity index (χ4v) is 3.35. The molecule has 0 spiro atoms. The van der Waals surface area contributed by atoms with Crippen LogP contribution in [0.3, 0.4) is 0 Å². The Labute approximate surface area is 153 Å². The number of carbonyl (C=O) groups is 2. The Balaban J connectivity index is 1.61. The van der Waals surface area contributed by atoms with E-state index in [4.69, 9.17) is 0 Å². The zero-order valence-electron chi connectivity index (χ0n) is 15.2. The van der Waals surface area contributed by atoms with Gasteiger partial charge in [-0.15, -0.1) is 0 Å². The van der Waals surface area contributed by atoms with Gasteiger partial charge < -0.3 is 10.2 Å². The van der Waals surface area contributed by atoms with E-state index in [0.29, 0.717) is 18.7 Å². The van der Waals surface area contributed by atoms with Gasteiger partial charge in [-0.25, -0.2) is 0 Å². The summed E-state index contributed by atoms with van der Waals surface area (Å²) in [5, 5.41) is 2.90. The molecule has 0 radical (unpaired) electrons. The Morgan fingerprint density at radius 3 is 2.85 bits per heavy atom. The summed E-state index contributed by atoms with van der Waals surface area (Å²) in [6.45, 7) is 4.68. The van der Waals surface area contributed by atoms with Crippen LogP contribution in [-0.2, 0) is 22.6 Å². The second-order valence-electron chi connectivity index (χ2n) is 6.69. The van der Waals surface area contributed by atoms with Crippen LogP contribution >= 0.6 is 0 Å². The molecule has 1 N–H and O–H groups in total. The number of nitrogens with zero attached hydrogens (tertiary/aromatic N) is 3. The van der Waals surface area contributed by atoms with Crippen LogP contribution < -0.4 is 5.32 Å². The highest BCUT2D eigenvalue weighted by molar-refractivity contribution is 5.78. The molecule has 6 heteroatoms.